The summed E-state index contributed by atoms with van der Waals surface area (Å²) in [5, 5.41) is 4.37. The third-order valence-electron chi connectivity index (χ3n) is 3.41. The summed E-state index contributed by atoms with van der Waals surface area (Å²) in [6.07, 6.45) is 5.49. The molecule has 0 aliphatic heterocycles. The molecule has 1 aliphatic carbocycles. The van der Waals surface area contributed by atoms with Crippen molar-refractivity contribution in [3.05, 3.63) is 18.0 Å². The third kappa shape index (κ3) is 2.46. The van der Waals surface area contributed by atoms with Gasteiger partial charge in [-0.15, -0.1) is 0 Å². The minimum Gasteiger partial charge on any atom is -0.300 e. The maximum Gasteiger partial charge on any atom is 0.133 e. The van der Waals surface area contributed by atoms with Gasteiger partial charge in [-0.05, 0) is 30.7 Å². The number of hydrogen-bond acceptors (Lipinski definition) is 2. The van der Waals surface area contributed by atoms with Crippen molar-refractivity contribution < 1.29 is 4.79 Å². The van der Waals surface area contributed by atoms with Crippen LogP contribution in [0.15, 0.2) is 12.3 Å². The van der Waals surface area contributed by atoms with Gasteiger partial charge < -0.3 is 0 Å². The van der Waals surface area contributed by atoms with Crippen molar-refractivity contribution in [2.75, 3.05) is 0 Å². The Labute approximate surface area is 90.5 Å². The molecule has 0 spiro atoms. The van der Waals surface area contributed by atoms with E-state index in [9.17, 15) is 4.79 Å². The lowest BCUT2D eigenvalue weighted by molar-refractivity contribution is -0.122. The Morgan fingerprint density at radius 2 is 2.40 bits per heavy atom. The average Bonchev–Trinajstić information content (AvgIpc) is 2.58. The summed E-state index contributed by atoms with van der Waals surface area (Å²) < 4.78 is 1.82. The molecule has 82 valence electrons. The van der Waals surface area contributed by atoms with Gasteiger partial charge in [-0.25, -0.2) is 0 Å². The van der Waals surface area contributed by atoms with Crippen molar-refractivity contribution in [2.24, 2.45) is 18.9 Å². The fraction of sp³-hybridized carbons (Fsp3) is 0.667. The number of ketones is 1. The zero-order chi connectivity index (χ0) is 10.8. The Morgan fingerprint density at radius 3 is 3.07 bits per heavy atom. The second kappa shape index (κ2) is 4.17. The number of hydrogen-bond donors (Lipinski definition) is 0. The number of carbonyl (C=O) groups excluding carboxylic acids is 1. The van der Waals surface area contributed by atoms with Gasteiger partial charge in [-0.3, -0.25) is 9.48 Å². The first-order valence-corrected chi connectivity index (χ1v) is 5.65. The maximum absolute atomic E-state index is 11.4. The highest BCUT2D eigenvalue weighted by molar-refractivity contribution is 5.79. The van der Waals surface area contributed by atoms with Gasteiger partial charge >= 0.3 is 0 Å². The second-order valence-electron chi connectivity index (χ2n) is 4.70. The number of aryl methyl sites for hydroxylation is 1. The van der Waals surface area contributed by atoms with Crippen LogP contribution >= 0.6 is 0 Å². The molecule has 1 aromatic heterocycles. The molecule has 1 saturated carbocycles. The molecule has 0 bridgehead atoms. The number of carbonyl (C=O) groups is 1. The normalized spacial score (nSPS) is 26.9. The van der Waals surface area contributed by atoms with Crippen molar-refractivity contribution in [3.8, 4) is 0 Å². The first-order chi connectivity index (χ1) is 7.15. The lowest BCUT2D eigenvalue weighted by atomic mass is 9.77. The van der Waals surface area contributed by atoms with E-state index in [4.69, 9.17) is 0 Å². The van der Waals surface area contributed by atoms with Crippen LogP contribution in [0.2, 0.25) is 0 Å². The molecule has 2 unspecified atom stereocenters. The summed E-state index contributed by atoms with van der Waals surface area (Å²) in [7, 11) is 1.93. The van der Waals surface area contributed by atoms with Crippen LogP contribution in [0, 0.1) is 11.8 Å². The van der Waals surface area contributed by atoms with E-state index in [2.05, 4.69) is 12.0 Å². The molecular formula is C12H18N2O. The summed E-state index contributed by atoms with van der Waals surface area (Å²) in [6.45, 7) is 2.25. The van der Waals surface area contributed by atoms with Gasteiger partial charge in [0.1, 0.15) is 5.78 Å². The summed E-state index contributed by atoms with van der Waals surface area (Å²) in [6, 6.07) is 2.05. The van der Waals surface area contributed by atoms with Crippen LogP contribution in [-0.4, -0.2) is 15.6 Å². The second-order valence-corrected chi connectivity index (χ2v) is 4.70. The molecule has 0 N–H and O–H groups in total. The number of aromatic nitrogens is 2. The molecule has 1 fully saturated rings. The molecule has 1 heterocycles. The van der Waals surface area contributed by atoms with Crippen LogP contribution in [0.5, 0.6) is 0 Å². The SMILES string of the molecule is CC1CCC(=O)CC1Cc1ccn(C)n1. The molecule has 0 saturated heterocycles. The van der Waals surface area contributed by atoms with Gasteiger partial charge in [-0.1, -0.05) is 6.92 Å². The Hall–Kier alpha value is -1.12. The van der Waals surface area contributed by atoms with Gasteiger partial charge in [0.25, 0.3) is 0 Å². The monoisotopic (exact) mass is 206 g/mol. The van der Waals surface area contributed by atoms with Gasteiger partial charge in [0.05, 0.1) is 5.69 Å². The van der Waals surface area contributed by atoms with E-state index in [-0.39, 0.29) is 0 Å². The van der Waals surface area contributed by atoms with Gasteiger partial charge in [0, 0.05) is 26.1 Å². The highest BCUT2D eigenvalue weighted by Crippen LogP contribution is 2.29. The van der Waals surface area contributed by atoms with Crippen molar-refractivity contribution in [2.45, 2.75) is 32.6 Å². The average molecular weight is 206 g/mol. The molecule has 2 atom stereocenters. The summed E-state index contributed by atoms with van der Waals surface area (Å²) >= 11 is 0. The minimum atomic E-state index is 0.425. The molecule has 3 nitrogen and oxygen atoms in total. The Kier molecular flexibility index (Phi) is 2.89. The first kappa shape index (κ1) is 10.4. The van der Waals surface area contributed by atoms with Crippen molar-refractivity contribution in [1.82, 2.24) is 9.78 Å². The van der Waals surface area contributed by atoms with Crippen molar-refractivity contribution >= 4 is 5.78 Å². The van der Waals surface area contributed by atoms with Crippen molar-refractivity contribution in [3.63, 3.8) is 0 Å². The van der Waals surface area contributed by atoms with E-state index in [1.807, 2.05) is 24.0 Å². The van der Waals surface area contributed by atoms with E-state index in [1.54, 1.807) is 0 Å². The fourth-order valence-corrected chi connectivity index (χ4v) is 2.33. The molecule has 3 heteroatoms. The molecule has 0 aromatic carbocycles. The first-order valence-electron chi connectivity index (χ1n) is 5.65. The van der Waals surface area contributed by atoms with Crippen LogP contribution < -0.4 is 0 Å². The molecular weight excluding hydrogens is 188 g/mol. The molecule has 1 aromatic rings. The molecule has 0 amide bonds. The predicted octanol–water partition coefficient (Wildman–Crippen LogP) is 1.97. The minimum absolute atomic E-state index is 0.425. The Morgan fingerprint density at radius 1 is 1.60 bits per heavy atom. The lowest BCUT2D eigenvalue weighted by Crippen LogP contribution is -2.24. The zero-order valence-electron chi connectivity index (χ0n) is 9.44. The van der Waals surface area contributed by atoms with E-state index < -0.39 is 0 Å². The highest BCUT2D eigenvalue weighted by atomic mass is 16.1. The lowest BCUT2D eigenvalue weighted by Gasteiger charge is -2.27. The number of Topliss-reactive ketones (excluding diaryl/α,β-unsaturated/α-hetero) is 1. The van der Waals surface area contributed by atoms with E-state index in [0.717, 1.165) is 31.4 Å². The maximum atomic E-state index is 11.4. The predicted molar refractivity (Wildman–Crippen MR) is 58.4 cm³/mol. The molecule has 15 heavy (non-hydrogen) atoms. The summed E-state index contributed by atoms with van der Waals surface area (Å²) in [4.78, 5) is 11.4. The van der Waals surface area contributed by atoms with Gasteiger partial charge in [0.15, 0.2) is 0 Å². The van der Waals surface area contributed by atoms with Gasteiger partial charge in [0.2, 0.25) is 0 Å². The molecule has 1 aliphatic rings. The number of rotatable bonds is 2. The van der Waals surface area contributed by atoms with Crippen LogP contribution in [0.1, 0.15) is 31.9 Å². The quantitative estimate of drug-likeness (QED) is 0.741. The van der Waals surface area contributed by atoms with E-state index >= 15 is 0 Å². The topological polar surface area (TPSA) is 34.9 Å². The van der Waals surface area contributed by atoms with Crippen LogP contribution in [0.4, 0.5) is 0 Å². The Bertz CT molecular complexity index is 356. The Balaban J connectivity index is 2.01. The largest absolute Gasteiger partial charge is 0.300 e. The third-order valence-corrected chi connectivity index (χ3v) is 3.41. The zero-order valence-corrected chi connectivity index (χ0v) is 9.44. The summed E-state index contributed by atoms with van der Waals surface area (Å²) in [5.41, 5.74) is 1.11. The smallest absolute Gasteiger partial charge is 0.133 e. The molecule has 2 rings (SSSR count). The van der Waals surface area contributed by atoms with Crippen LogP contribution in [0.3, 0.4) is 0 Å². The van der Waals surface area contributed by atoms with Crippen LogP contribution in [0.25, 0.3) is 0 Å². The van der Waals surface area contributed by atoms with Crippen LogP contribution in [-0.2, 0) is 18.3 Å². The highest BCUT2D eigenvalue weighted by Gasteiger charge is 2.26. The van der Waals surface area contributed by atoms with E-state index in [0.29, 0.717) is 17.6 Å². The van der Waals surface area contributed by atoms with E-state index in [1.165, 1.54) is 0 Å². The van der Waals surface area contributed by atoms with Gasteiger partial charge in [-0.2, -0.15) is 5.10 Å². The molecule has 0 radical (unpaired) electrons. The number of nitrogens with zero attached hydrogens (tertiary/aromatic N) is 2. The van der Waals surface area contributed by atoms with Crippen molar-refractivity contribution in [1.29, 1.82) is 0 Å². The summed E-state index contributed by atoms with van der Waals surface area (Å²) in [5.74, 6) is 1.58. The fourth-order valence-electron chi connectivity index (χ4n) is 2.33. The standard InChI is InChI=1S/C12H18N2O/c1-9-3-4-12(15)8-10(9)7-11-5-6-14(2)13-11/h5-6,9-10H,3-4,7-8H2,1-2H3.